The summed E-state index contributed by atoms with van der Waals surface area (Å²) in [6, 6.07) is 5.56. The third-order valence-corrected chi connectivity index (χ3v) is 4.17. The van der Waals surface area contributed by atoms with Crippen LogP contribution in [0.15, 0.2) is 28.7 Å². The second kappa shape index (κ2) is 4.20. The summed E-state index contributed by atoms with van der Waals surface area (Å²) >= 11 is 13.7. The fourth-order valence-electron chi connectivity index (χ4n) is 1.51. The van der Waals surface area contributed by atoms with Crippen molar-refractivity contribution in [2.75, 3.05) is 0 Å². The molecule has 0 amide bonds. The molecule has 0 spiro atoms. The maximum Gasteiger partial charge on any atom is 0.148 e. The van der Waals surface area contributed by atoms with Gasteiger partial charge in [-0.2, -0.15) is 0 Å². The number of benzene rings is 1. The van der Waals surface area contributed by atoms with Gasteiger partial charge in [-0.1, -0.05) is 23.2 Å². The molecule has 1 aliphatic rings. The van der Waals surface area contributed by atoms with Crippen LogP contribution < -0.4 is 0 Å². The summed E-state index contributed by atoms with van der Waals surface area (Å²) < 4.78 is 0. The van der Waals surface area contributed by atoms with E-state index in [4.69, 9.17) is 23.2 Å². The Morgan fingerprint density at radius 1 is 1.40 bits per heavy atom. The van der Waals surface area contributed by atoms with Crippen LogP contribution in [-0.2, 0) is 4.79 Å². The molecule has 0 saturated heterocycles. The molecule has 1 nitrogen and oxygen atoms in total. The summed E-state index contributed by atoms with van der Waals surface area (Å²) in [6.07, 6.45) is 0.823. The lowest BCUT2D eigenvalue weighted by atomic mass is 10.1. The van der Waals surface area contributed by atoms with Gasteiger partial charge in [-0.25, -0.2) is 0 Å². The Balaban J connectivity index is 2.63. The van der Waals surface area contributed by atoms with Gasteiger partial charge in [0.2, 0.25) is 0 Å². The van der Waals surface area contributed by atoms with Crippen LogP contribution >= 0.6 is 35.0 Å². The molecule has 0 fully saturated rings. The minimum Gasteiger partial charge on any atom is -0.298 e. The van der Waals surface area contributed by atoms with Crippen LogP contribution in [0.5, 0.6) is 0 Å². The van der Waals surface area contributed by atoms with Gasteiger partial charge in [0, 0.05) is 26.3 Å². The van der Waals surface area contributed by atoms with Crippen molar-refractivity contribution in [3.63, 3.8) is 0 Å². The summed E-state index contributed by atoms with van der Waals surface area (Å²) in [4.78, 5) is 12.0. The summed E-state index contributed by atoms with van der Waals surface area (Å²) in [5.74, 6) is 0. The van der Waals surface area contributed by atoms with E-state index >= 15 is 0 Å². The fraction of sp³-hybridized carbons (Fsp3) is 0.182. The molecular weight excluding hydrogens is 251 g/mol. The van der Waals surface area contributed by atoms with Gasteiger partial charge in [0.25, 0.3) is 0 Å². The summed E-state index contributed by atoms with van der Waals surface area (Å²) in [5, 5.41) is 1.25. The normalized spacial score (nSPS) is 20.1. The summed E-state index contributed by atoms with van der Waals surface area (Å²) in [5.41, 5.74) is 1.49. The molecule has 1 aromatic carbocycles. The monoisotopic (exact) mass is 258 g/mol. The smallest absolute Gasteiger partial charge is 0.148 e. The number of thioether (sulfide) groups is 1. The second-order valence-corrected chi connectivity index (χ2v) is 5.48. The number of halogens is 2. The first-order valence-electron chi connectivity index (χ1n) is 4.45. The Kier molecular flexibility index (Phi) is 3.10. The van der Waals surface area contributed by atoms with E-state index in [1.807, 2.05) is 19.1 Å². The van der Waals surface area contributed by atoms with Crippen molar-refractivity contribution in [1.82, 2.24) is 0 Å². The maximum atomic E-state index is 10.9. The number of aldehydes is 1. The molecule has 0 saturated carbocycles. The highest BCUT2D eigenvalue weighted by Crippen LogP contribution is 2.43. The number of rotatable bonds is 1. The number of fused-ring (bicyclic) bond motifs is 1. The van der Waals surface area contributed by atoms with E-state index in [9.17, 15) is 4.79 Å². The first-order chi connectivity index (χ1) is 7.13. The lowest BCUT2D eigenvalue weighted by Gasteiger charge is -2.21. The first-order valence-corrected chi connectivity index (χ1v) is 6.08. The van der Waals surface area contributed by atoms with E-state index in [2.05, 4.69) is 0 Å². The van der Waals surface area contributed by atoms with Gasteiger partial charge < -0.3 is 0 Å². The molecule has 1 aromatic rings. The molecule has 15 heavy (non-hydrogen) atoms. The van der Waals surface area contributed by atoms with E-state index in [0.29, 0.717) is 15.6 Å². The molecule has 2 rings (SSSR count). The molecule has 1 atom stereocenters. The number of hydrogen-bond donors (Lipinski definition) is 0. The van der Waals surface area contributed by atoms with Crippen LogP contribution in [0.3, 0.4) is 0 Å². The van der Waals surface area contributed by atoms with Gasteiger partial charge in [0.1, 0.15) is 6.29 Å². The van der Waals surface area contributed by atoms with Crippen LogP contribution in [0.25, 0.3) is 5.03 Å². The Labute approximate surface area is 102 Å². The molecule has 1 aliphatic heterocycles. The van der Waals surface area contributed by atoms with Gasteiger partial charge in [0.15, 0.2) is 0 Å². The van der Waals surface area contributed by atoms with Crippen molar-refractivity contribution in [3.8, 4) is 0 Å². The van der Waals surface area contributed by atoms with Crippen LogP contribution in [-0.4, -0.2) is 11.5 Å². The molecule has 0 radical (unpaired) electrons. The van der Waals surface area contributed by atoms with Crippen molar-refractivity contribution in [2.24, 2.45) is 0 Å². The Hall–Kier alpha value is -0.440. The summed E-state index contributed by atoms with van der Waals surface area (Å²) in [6.45, 7) is 1.97. The van der Waals surface area contributed by atoms with Crippen molar-refractivity contribution in [1.29, 1.82) is 0 Å². The second-order valence-electron chi connectivity index (χ2n) is 3.29. The maximum absolute atomic E-state index is 10.9. The average molecular weight is 259 g/mol. The SMILES string of the molecule is C[C@H]1Sc2ccc(Cl)cc2C(Cl)=C1C=O. The lowest BCUT2D eigenvalue weighted by molar-refractivity contribution is -0.104. The zero-order valence-electron chi connectivity index (χ0n) is 7.96. The Bertz CT molecular complexity index is 454. The van der Waals surface area contributed by atoms with E-state index in [1.54, 1.807) is 17.8 Å². The van der Waals surface area contributed by atoms with Crippen LogP contribution in [0.4, 0.5) is 0 Å². The lowest BCUT2D eigenvalue weighted by Crippen LogP contribution is -2.09. The number of carbonyl (C=O) groups is 1. The fourth-order valence-corrected chi connectivity index (χ4v) is 3.29. The van der Waals surface area contributed by atoms with Gasteiger partial charge >= 0.3 is 0 Å². The average Bonchev–Trinajstić information content (AvgIpc) is 2.20. The zero-order chi connectivity index (χ0) is 11.0. The van der Waals surface area contributed by atoms with E-state index in [-0.39, 0.29) is 5.25 Å². The highest BCUT2D eigenvalue weighted by Gasteiger charge is 2.23. The molecule has 1 heterocycles. The highest BCUT2D eigenvalue weighted by atomic mass is 35.5. The van der Waals surface area contributed by atoms with E-state index in [1.165, 1.54) is 0 Å². The van der Waals surface area contributed by atoms with Crippen molar-refractivity contribution >= 4 is 46.3 Å². The third kappa shape index (κ3) is 1.94. The number of hydrogen-bond acceptors (Lipinski definition) is 2. The Morgan fingerprint density at radius 3 is 2.80 bits per heavy atom. The largest absolute Gasteiger partial charge is 0.298 e. The molecule has 0 N–H and O–H groups in total. The van der Waals surface area contributed by atoms with Gasteiger partial charge in [-0.15, -0.1) is 11.8 Å². The van der Waals surface area contributed by atoms with Gasteiger partial charge in [-0.05, 0) is 25.1 Å². The van der Waals surface area contributed by atoms with E-state index in [0.717, 1.165) is 16.7 Å². The van der Waals surface area contributed by atoms with Crippen molar-refractivity contribution < 1.29 is 4.79 Å². The van der Waals surface area contributed by atoms with Gasteiger partial charge in [-0.3, -0.25) is 4.79 Å². The number of carbonyl (C=O) groups excluding carboxylic acids is 1. The minimum absolute atomic E-state index is 0.101. The predicted molar refractivity (Wildman–Crippen MR) is 65.6 cm³/mol. The first kappa shape index (κ1) is 11.1. The molecule has 78 valence electrons. The third-order valence-electron chi connectivity index (χ3n) is 2.30. The van der Waals surface area contributed by atoms with Crippen molar-refractivity contribution in [3.05, 3.63) is 34.4 Å². The molecule has 0 unspecified atom stereocenters. The molecule has 0 bridgehead atoms. The quantitative estimate of drug-likeness (QED) is 0.709. The van der Waals surface area contributed by atoms with Crippen LogP contribution in [0.1, 0.15) is 12.5 Å². The zero-order valence-corrected chi connectivity index (χ0v) is 10.3. The van der Waals surface area contributed by atoms with Crippen LogP contribution in [0.2, 0.25) is 5.02 Å². The Morgan fingerprint density at radius 2 is 2.13 bits per heavy atom. The molecule has 0 aliphatic carbocycles. The summed E-state index contributed by atoms with van der Waals surface area (Å²) in [7, 11) is 0. The van der Waals surface area contributed by atoms with Crippen LogP contribution in [0, 0.1) is 0 Å². The minimum atomic E-state index is 0.101. The van der Waals surface area contributed by atoms with Gasteiger partial charge in [0.05, 0.1) is 5.03 Å². The van der Waals surface area contributed by atoms with E-state index < -0.39 is 0 Å². The molecule has 4 heteroatoms. The molecular formula is C11H8Cl2OS. The standard InChI is InChI=1S/C11H8Cl2OS/c1-6-9(5-14)11(13)8-4-7(12)2-3-10(8)15-6/h2-6H,1H3/t6-/m1/s1. The topological polar surface area (TPSA) is 17.1 Å². The highest BCUT2D eigenvalue weighted by molar-refractivity contribution is 8.00. The molecule has 0 aromatic heterocycles. The predicted octanol–water partition coefficient (Wildman–Crippen LogP) is 3.98. The van der Waals surface area contributed by atoms with Crippen molar-refractivity contribution in [2.45, 2.75) is 17.1 Å².